The summed E-state index contributed by atoms with van der Waals surface area (Å²) in [4.78, 5) is 27.1. The van der Waals surface area contributed by atoms with Crippen molar-refractivity contribution in [3.63, 3.8) is 0 Å². The molecule has 0 aliphatic carbocycles. The number of carbonyl (C=O) groups excluding carboxylic acids is 2. The minimum Gasteiger partial charge on any atom is -0.358 e. The van der Waals surface area contributed by atoms with Crippen LogP contribution in [-0.4, -0.2) is 16.8 Å². The van der Waals surface area contributed by atoms with Gasteiger partial charge in [-0.05, 0) is 43.2 Å². The number of carbonyl (C=O) groups is 2. The maximum Gasteiger partial charge on any atom is 0.228 e. The Labute approximate surface area is 146 Å². The summed E-state index contributed by atoms with van der Waals surface area (Å²) in [5, 5.41) is 6.79. The summed E-state index contributed by atoms with van der Waals surface area (Å²) in [6, 6.07) is 13.4. The van der Waals surface area contributed by atoms with Crippen LogP contribution in [0.5, 0.6) is 0 Å². The van der Waals surface area contributed by atoms with Crippen LogP contribution in [-0.2, 0) is 16.0 Å². The highest BCUT2D eigenvalue weighted by Gasteiger charge is 2.14. The van der Waals surface area contributed by atoms with Crippen molar-refractivity contribution in [2.75, 3.05) is 10.6 Å². The molecule has 3 aromatic rings. The van der Waals surface area contributed by atoms with E-state index in [4.69, 9.17) is 0 Å². The Bertz CT molecular complexity index is 957. The number of amides is 2. The standard InChI is InChI=1S/C20H21N3O2/c1-12-17(22-14(3)24)9-6-10-18(12)23-20(25)11-16-13(2)21-19-8-5-4-7-15(16)19/h4-10,21H,11H2,1-3H3,(H,22,24)(H,23,25). The normalized spacial score (nSPS) is 10.7. The highest BCUT2D eigenvalue weighted by molar-refractivity contribution is 5.98. The average Bonchev–Trinajstić information content (AvgIpc) is 2.87. The van der Waals surface area contributed by atoms with Gasteiger partial charge >= 0.3 is 0 Å². The third-order valence-electron chi connectivity index (χ3n) is 4.28. The molecule has 5 heteroatoms. The summed E-state index contributed by atoms with van der Waals surface area (Å²) in [6.45, 7) is 5.31. The van der Waals surface area contributed by atoms with Gasteiger partial charge < -0.3 is 15.6 Å². The van der Waals surface area contributed by atoms with Gasteiger partial charge in [-0.2, -0.15) is 0 Å². The van der Waals surface area contributed by atoms with Gasteiger partial charge in [-0.3, -0.25) is 9.59 Å². The lowest BCUT2D eigenvalue weighted by atomic mass is 10.1. The van der Waals surface area contributed by atoms with Crippen LogP contribution < -0.4 is 10.6 Å². The third kappa shape index (κ3) is 3.55. The molecule has 25 heavy (non-hydrogen) atoms. The molecule has 0 unspecified atom stereocenters. The number of fused-ring (bicyclic) bond motifs is 1. The number of aromatic amines is 1. The van der Waals surface area contributed by atoms with Crippen molar-refractivity contribution < 1.29 is 9.59 Å². The van der Waals surface area contributed by atoms with Gasteiger partial charge in [0.25, 0.3) is 0 Å². The first kappa shape index (κ1) is 16.8. The second-order valence-corrected chi connectivity index (χ2v) is 6.16. The van der Waals surface area contributed by atoms with E-state index in [-0.39, 0.29) is 11.8 Å². The van der Waals surface area contributed by atoms with E-state index in [0.29, 0.717) is 17.8 Å². The summed E-state index contributed by atoms with van der Waals surface area (Å²) < 4.78 is 0. The van der Waals surface area contributed by atoms with Crippen LogP contribution in [0.3, 0.4) is 0 Å². The van der Waals surface area contributed by atoms with Crippen LogP contribution in [0.2, 0.25) is 0 Å². The summed E-state index contributed by atoms with van der Waals surface area (Å²) in [5.41, 5.74) is 5.28. The van der Waals surface area contributed by atoms with Crippen molar-refractivity contribution in [2.45, 2.75) is 27.2 Å². The van der Waals surface area contributed by atoms with Crippen LogP contribution in [0.15, 0.2) is 42.5 Å². The number of hydrogen-bond donors (Lipinski definition) is 3. The smallest absolute Gasteiger partial charge is 0.228 e. The predicted molar refractivity (Wildman–Crippen MR) is 101 cm³/mol. The second kappa shape index (κ2) is 6.81. The Morgan fingerprint density at radius 1 is 0.960 bits per heavy atom. The predicted octanol–water partition coefficient (Wildman–Crippen LogP) is 3.92. The lowest BCUT2D eigenvalue weighted by molar-refractivity contribution is -0.115. The fourth-order valence-corrected chi connectivity index (χ4v) is 3.01. The third-order valence-corrected chi connectivity index (χ3v) is 4.28. The number of nitrogens with one attached hydrogen (secondary N) is 3. The summed E-state index contributed by atoms with van der Waals surface area (Å²) in [5.74, 6) is -0.225. The van der Waals surface area contributed by atoms with E-state index in [1.807, 2.05) is 56.3 Å². The number of aromatic nitrogens is 1. The van der Waals surface area contributed by atoms with E-state index < -0.39 is 0 Å². The Morgan fingerprint density at radius 3 is 2.36 bits per heavy atom. The molecule has 2 amide bonds. The maximum absolute atomic E-state index is 12.5. The SMILES string of the molecule is CC(=O)Nc1cccc(NC(=O)Cc2c(C)[nH]c3ccccc23)c1C. The molecule has 0 saturated heterocycles. The zero-order chi connectivity index (χ0) is 18.0. The Kier molecular flexibility index (Phi) is 4.57. The minimum atomic E-state index is -0.138. The molecule has 0 atom stereocenters. The molecule has 0 bridgehead atoms. The van der Waals surface area contributed by atoms with Crippen LogP contribution in [0.25, 0.3) is 10.9 Å². The van der Waals surface area contributed by atoms with E-state index in [2.05, 4.69) is 15.6 Å². The van der Waals surface area contributed by atoms with Gasteiger partial charge in [0.15, 0.2) is 0 Å². The zero-order valence-electron chi connectivity index (χ0n) is 14.6. The van der Waals surface area contributed by atoms with E-state index in [0.717, 1.165) is 27.7 Å². The Morgan fingerprint density at radius 2 is 1.64 bits per heavy atom. The van der Waals surface area contributed by atoms with E-state index >= 15 is 0 Å². The van der Waals surface area contributed by atoms with Gasteiger partial charge in [-0.15, -0.1) is 0 Å². The molecule has 0 aliphatic heterocycles. The molecule has 3 N–H and O–H groups in total. The number of aryl methyl sites for hydroxylation is 1. The first-order chi connectivity index (χ1) is 12.0. The molecule has 3 rings (SSSR count). The fourth-order valence-electron chi connectivity index (χ4n) is 3.01. The van der Waals surface area contributed by atoms with Crippen LogP contribution in [0.4, 0.5) is 11.4 Å². The van der Waals surface area contributed by atoms with E-state index in [1.165, 1.54) is 6.92 Å². The number of para-hydroxylation sites is 1. The van der Waals surface area contributed by atoms with Crippen molar-refractivity contribution in [1.29, 1.82) is 0 Å². The van der Waals surface area contributed by atoms with Gasteiger partial charge in [0, 0.05) is 34.9 Å². The molecule has 128 valence electrons. The Hall–Kier alpha value is -3.08. The molecule has 1 heterocycles. The van der Waals surface area contributed by atoms with Crippen molar-refractivity contribution in [3.8, 4) is 0 Å². The molecule has 0 aliphatic rings. The van der Waals surface area contributed by atoms with Gasteiger partial charge in [-0.25, -0.2) is 0 Å². The van der Waals surface area contributed by atoms with Crippen molar-refractivity contribution in [1.82, 2.24) is 4.98 Å². The summed E-state index contributed by atoms with van der Waals surface area (Å²) >= 11 is 0. The topological polar surface area (TPSA) is 74.0 Å². The van der Waals surface area contributed by atoms with Crippen LogP contribution in [0.1, 0.15) is 23.7 Å². The number of benzene rings is 2. The van der Waals surface area contributed by atoms with Gasteiger partial charge in [0.2, 0.25) is 11.8 Å². The molecular weight excluding hydrogens is 314 g/mol. The number of hydrogen-bond acceptors (Lipinski definition) is 2. The Balaban J connectivity index is 1.81. The number of rotatable bonds is 4. The number of anilines is 2. The molecule has 1 aromatic heterocycles. The average molecular weight is 335 g/mol. The van der Waals surface area contributed by atoms with Crippen molar-refractivity contribution in [2.24, 2.45) is 0 Å². The molecule has 2 aromatic carbocycles. The van der Waals surface area contributed by atoms with E-state index in [1.54, 1.807) is 0 Å². The first-order valence-corrected chi connectivity index (χ1v) is 8.19. The quantitative estimate of drug-likeness (QED) is 0.676. The summed E-state index contributed by atoms with van der Waals surface area (Å²) in [6.07, 6.45) is 0.291. The minimum absolute atomic E-state index is 0.0871. The zero-order valence-corrected chi connectivity index (χ0v) is 14.6. The highest BCUT2D eigenvalue weighted by Crippen LogP contribution is 2.25. The molecule has 0 fully saturated rings. The highest BCUT2D eigenvalue weighted by atomic mass is 16.2. The largest absolute Gasteiger partial charge is 0.358 e. The molecule has 0 spiro atoms. The lowest BCUT2D eigenvalue weighted by Crippen LogP contribution is -2.16. The first-order valence-electron chi connectivity index (χ1n) is 8.19. The van der Waals surface area contributed by atoms with Gasteiger partial charge in [0.1, 0.15) is 0 Å². The van der Waals surface area contributed by atoms with Gasteiger partial charge in [-0.1, -0.05) is 24.3 Å². The van der Waals surface area contributed by atoms with Gasteiger partial charge in [0.05, 0.1) is 6.42 Å². The molecule has 5 nitrogen and oxygen atoms in total. The van der Waals surface area contributed by atoms with Crippen LogP contribution >= 0.6 is 0 Å². The van der Waals surface area contributed by atoms with Crippen LogP contribution in [0, 0.1) is 13.8 Å². The lowest BCUT2D eigenvalue weighted by Gasteiger charge is -2.13. The van der Waals surface area contributed by atoms with E-state index in [9.17, 15) is 9.59 Å². The van der Waals surface area contributed by atoms with Crippen molar-refractivity contribution >= 4 is 34.1 Å². The molecule has 0 saturated carbocycles. The molecular formula is C20H21N3O2. The summed E-state index contributed by atoms with van der Waals surface area (Å²) in [7, 11) is 0. The fraction of sp³-hybridized carbons (Fsp3) is 0.200. The number of H-pyrrole nitrogens is 1. The monoisotopic (exact) mass is 335 g/mol. The maximum atomic E-state index is 12.5. The molecule has 0 radical (unpaired) electrons. The second-order valence-electron chi connectivity index (χ2n) is 6.16. The van der Waals surface area contributed by atoms with Crippen molar-refractivity contribution in [3.05, 3.63) is 59.3 Å².